The highest BCUT2D eigenvalue weighted by molar-refractivity contribution is 5.98. The number of aromatic nitrogens is 3. The van der Waals surface area contributed by atoms with Gasteiger partial charge in [-0.05, 0) is 48.4 Å². The first-order chi connectivity index (χ1) is 18.1. The molecule has 7 nitrogen and oxygen atoms in total. The van der Waals surface area contributed by atoms with E-state index in [0.717, 1.165) is 71.5 Å². The van der Waals surface area contributed by atoms with E-state index in [0.29, 0.717) is 23.4 Å². The van der Waals surface area contributed by atoms with Gasteiger partial charge in [-0.3, -0.25) is 4.79 Å². The highest BCUT2D eigenvalue weighted by Gasteiger charge is 2.26. The van der Waals surface area contributed by atoms with Gasteiger partial charge >= 0.3 is 0 Å². The molecule has 0 atom stereocenters. The van der Waals surface area contributed by atoms with Gasteiger partial charge in [-0.1, -0.05) is 24.3 Å². The number of hydrogen-bond donors (Lipinski definition) is 1. The van der Waals surface area contributed by atoms with Gasteiger partial charge < -0.3 is 23.9 Å². The Kier molecular flexibility index (Phi) is 5.88. The van der Waals surface area contributed by atoms with Crippen molar-refractivity contribution in [1.29, 1.82) is 0 Å². The largest absolute Gasteiger partial charge is 0.494 e. The maximum Gasteiger partial charge on any atom is 0.158 e. The van der Waals surface area contributed by atoms with E-state index < -0.39 is 0 Å². The molecule has 0 bridgehead atoms. The predicted molar refractivity (Wildman–Crippen MR) is 142 cm³/mol. The summed E-state index contributed by atoms with van der Waals surface area (Å²) >= 11 is 0. The number of ether oxygens (including phenoxy) is 1. The first-order valence-corrected chi connectivity index (χ1v) is 12.4. The van der Waals surface area contributed by atoms with E-state index >= 15 is 0 Å². The summed E-state index contributed by atoms with van der Waals surface area (Å²) in [7, 11) is 1.58. The molecule has 0 spiro atoms. The zero-order valence-electron chi connectivity index (χ0n) is 20.5. The van der Waals surface area contributed by atoms with Crippen LogP contribution in [0.1, 0.15) is 22.3 Å². The Morgan fingerprint density at radius 2 is 1.92 bits per heavy atom. The van der Waals surface area contributed by atoms with Gasteiger partial charge in [0.05, 0.1) is 29.5 Å². The van der Waals surface area contributed by atoms with Crippen molar-refractivity contribution in [1.82, 2.24) is 14.1 Å². The molecular formula is C29H27FN4O3. The fraction of sp³-hybridized carbons (Fsp3) is 0.241. The second-order valence-corrected chi connectivity index (χ2v) is 9.32. The number of carbonyl (C=O) groups excluding carboxylic acids is 1. The molecule has 1 aliphatic rings. The second-order valence-electron chi connectivity index (χ2n) is 9.32. The van der Waals surface area contributed by atoms with Crippen LogP contribution in [0.3, 0.4) is 0 Å². The molecule has 0 radical (unpaired) electrons. The Balaban J connectivity index is 1.59. The molecule has 188 valence electrons. The van der Waals surface area contributed by atoms with E-state index in [1.807, 2.05) is 0 Å². The zero-order chi connectivity index (χ0) is 25.5. The number of rotatable bonds is 8. The van der Waals surface area contributed by atoms with Crippen LogP contribution in [0.15, 0.2) is 60.7 Å². The topological polar surface area (TPSA) is 72.5 Å². The summed E-state index contributed by atoms with van der Waals surface area (Å²) in [4.78, 5) is 19.0. The molecule has 2 aromatic heterocycles. The number of imidazole rings is 1. The Bertz CT molecular complexity index is 1620. The van der Waals surface area contributed by atoms with Crippen molar-refractivity contribution in [3.8, 4) is 17.3 Å². The van der Waals surface area contributed by atoms with Crippen molar-refractivity contribution >= 4 is 33.9 Å². The third-order valence-corrected chi connectivity index (χ3v) is 7.09. The average molecular weight is 499 g/mol. The minimum Gasteiger partial charge on any atom is -0.494 e. The molecule has 0 fully saturated rings. The van der Waals surface area contributed by atoms with E-state index in [1.54, 1.807) is 31.4 Å². The van der Waals surface area contributed by atoms with Gasteiger partial charge in [0, 0.05) is 43.7 Å². The van der Waals surface area contributed by atoms with Crippen molar-refractivity contribution in [3.63, 3.8) is 0 Å². The molecule has 1 aliphatic heterocycles. The zero-order valence-corrected chi connectivity index (χ0v) is 20.5. The van der Waals surface area contributed by atoms with Gasteiger partial charge in [-0.15, -0.1) is 0 Å². The van der Waals surface area contributed by atoms with E-state index in [4.69, 9.17) is 9.72 Å². The summed E-state index contributed by atoms with van der Waals surface area (Å²) in [5, 5.41) is 10.5. The van der Waals surface area contributed by atoms with Crippen LogP contribution < -0.4 is 9.64 Å². The maximum atomic E-state index is 13.6. The third kappa shape index (κ3) is 3.94. The fourth-order valence-corrected chi connectivity index (χ4v) is 5.41. The second kappa shape index (κ2) is 9.37. The van der Waals surface area contributed by atoms with E-state index in [-0.39, 0.29) is 12.4 Å². The van der Waals surface area contributed by atoms with Crippen LogP contribution in [0.5, 0.6) is 5.75 Å². The lowest BCUT2D eigenvalue weighted by Crippen LogP contribution is -2.33. The van der Waals surface area contributed by atoms with Crippen molar-refractivity contribution in [2.45, 2.75) is 19.5 Å². The van der Waals surface area contributed by atoms with Crippen molar-refractivity contribution in [3.05, 3.63) is 77.6 Å². The number of aliphatic hydroxyl groups is 1. The smallest absolute Gasteiger partial charge is 0.158 e. The Morgan fingerprint density at radius 1 is 1.08 bits per heavy atom. The predicted octanol–water partition coefficient (Wildman–Crippen LogP) is 4.87. The number of nitrogens with zero attached hydrogens (tertiary/aromatic N) is 4. The molecule has 0 aliphatic carbocycles. The molecule has 0 saturated heterocycles. The monoisotopic (exact) mass is 498 g/mol. The Labute approximate surface area is 213 Å². The Hall–Kier alpha value is -4.17. The summed E-state index contributed by atoms with van der Waals surface area (Å²) in [6, 6.07) is 18.4. The number of para-hydroxylation sites is 1. The standard InChI is InChI=1S/C29H27FN4O3/c1-37-26-15-20(18-36)14-23-28(26)34(17-19-6-8-22(30)9-7-19)29(31-23)25-16-21-4-2-5-24-27(21)33(25)12-11-32(24)10-3-13-35/h2,4-9,14-16,18,35H,3,10-13,17H2,1H3. The molecule has 3 aromatic carbocycles. The third-order valence-electron chi connectivity index (χ3n) is 7.09. The minimum absolute atomic E-state index is 0.163. The van der Waals surface area contributed by atoms with Gasteiger partial charge in [0.15, 0.2) is 5.82 Å². The quantitative estimate of drug-likeness (QED) is 0.309. The number of hydrogen-bond acceptors (Lipinski definition) is 5. The van der Waals surface area contributed by atoms with Gasteiger partial charge in [-0.2, -0.15) is 0 Å². The van der Waals surface area contributed by atoms with E-state index in [1.165, 1.54) is 12.1 Å². The number of anilines is 1. The molecule has 3 heterocycles. The van der Waals surface area contributed by atoms with Crippen molar-refractivity contribution < 1.29 is 19.0 Å². The van der Waals surface area contributed by atoms with Crippen LogP contribution in [-0.2, 0) is 13.1 Å². The molecule has 5 aromatic rings. The van der Waals surface area contributed by atoms with Gasteiger partial charge in [0.1, 0.15) is 23.4 Å². The lowest BCUT2D eigenvalue weighted by molar-refractivity contribution is 0.112. The van der Waals surface area contributed by atoms with Crippen LogP contribution in [0, 0.1) is 5.82 Å². The lowest BCUT2D eigenvalue weighted by Gasteiger charge is -2.31. The number of halogens is 1. The number of fused-ring (bicyclic) bond motifs is 1. The van der Waals surface area contributed by atoms with Gasteiger partial charge in [0.2, 0.25) is 0 Å². The molecule has 6 rings (SSSR count). The summed E-state index contributed by atoms with van der Waals surface area (Å²) in [6.07, 6.45) is 1.51. The van der Waals surface area contributed by atoms with E-state index in [9.17, 15) is 14.3 Å². The highest BCUT2D eigenvalue weighted by atomic mass is 19.1. The fourth-order valence-electron chi connectivity index (χ4n) is 5.41. The van der Waals surface area contributed by atoms with Crippen LogP contribution in [0.4, 0.5) is 10.1 Å². The van der Waals surface area contributed by atoms with Crippen molar-refractivity contribution in [2.75, 3.05) is 31.7 Å². The summed E-state index contributed by atoms with van der Waals surface area (Å²) < 4.78 is 23.7. The van der Waals surface area contributed by atoms with Crippen molar-refractivity contribution in [2.24, 2.45) is 0 Å². The molecule has 8 heteroatoms. The summed E-state index contributed by atoms with van der Waals surface area (Å²) in [5.74, 6) is 1.03. The number of methoxy groups -OCH3 is 1. The highest BCUT2D eigenvalue weighted by Crippen LogP contribution is 2.39. The van der Waals surface area contributed by atoms with Crippen LogP contribution in [0.25, 0.3) is 33.5 Å². The van der Waals surface area contributed by atoms with Crippen LogP contribution in [-0.4, -0.2) is 52.3 Å². The van der Waals surface area contributed by atoms with Gasteiger partial charge in [-0.25, -0.2) is 9.37 Å². The lowest BCUT2D eigenvalue weighted by atomic mass is 10.1. The summed E-state index contributed by atoms with van der Waals surface area (Å²) in [6.45, 7) is 3.02. The number of aldehydes is 1. The van der Waals surface area contributed by atoms with Gasteiger partial charge in [0.25, 0.3) is 0 Å². The minimum atomic E-state index is -0.284. The number of carbonyl (C=O) groups is 1. The normalized spacial score (nSPS) is 13.0. The number of benzene rings is 3. The number of aliphatic hydroxyl groups excluding tert-OH is 1. The molecule has 1 N–H and O–H groups in total. The molecular weight excluding hydrogens is 471 g/mol. The molecule has 0 unspecified atom stereocenters. The first kappa shape index (κ1) is 23.2. The average Bonchev–Trinajstić information content (AvgIpc) is 3.48. The molecule has 0 saturated carbocycles. The van der Waals surface area contributed by atoms with E-state index in [2.05, 4.69) is 38.3 Å². The van der Waals surface area contributed by atoms with Crippen LogP contribution >= 0.6 is 0 Å². The SMILES string of the molecule is COc1cc(C=O)cc2nc(-c3cc4cccc5c4n3CCN5CCCO)n(Cc3ccc(F)cc3)c12. The van der Waals surface area contributed by atoms with Crippen LogP contribution in [0.2, 0.25) is 0 Å². The molecule has 37 heavy (non-hydrogen) atoms. The summed E-state index contributed by atoms with van der Waals surface area (Å²) in [5.41, 5.74) is 6.12. The first-order valence-electron chi connectivity index (χ1n) is 12.4. The Morgan fingerprint density at radius 3 is 2.68 bits per heavy atom. The molecule has 0 amide bonds. The maximum absolute atomic E-state index is 13.6.